The predicted molar refractivity (Wildman–Crippen MR) is 106 cm³/mol. The van der Waals surface area contributed by atoms with Crippen LogP contribution in [0.5, 0.6) is 0 Å². The van der Waals surface area contributed by atoms with Gasteiger partial charge in [-0.25, -0.2) is 9.69 Å². The van der Waals surface area contributed by atoms with Gasteiger partial charge in [0.15, 0.2) is 0 Å². The molecule has 8 heteroatoms. The molecule has 2 aromatic rings. The van der Waals surface area contributed by atoms with Crippen LogP contribution in [-0.4, -0.2) is 28.8 Å². The lowest BCUT2D eigenvalue weighted by Gasteiger charge is -2.25. The van der Waals surface area contributed by atoms with Crippen LogP contribution in [0.4, 0.5) is 10.5 Å². The van der Waals surface area contributed by atoms with Crippen molar-refractivity contribution in [2.75, 3.05) is 5.32 Å². The van der Waals surface area contributed by atoms with E-state index in [0.717, 1.165) is 4.90 Å². The number of rotatable bonds is 4. The molecule has 1 aliphatic heterocycles. The van der Waals surface area contributed by atoms with Crippen molar-refractivity contribution in [1.29, 1.82) is 5.26 Å². The normalized spacial score (nSPS) is 19.7. The Hall–Kier alpha value is -3.18. The first-order valence-corrected chi connectivity index (χ1v) is 9.29. The number of nitriles is 1. The molecule has 2 aromatic carbocycles. The number of carbonyl (C=O) groups excluding carboxylic acids is 3. The number of amides is 4. The summed E-state index contributed by atoms with van der Waals surface area (Å²) in [6, 6.07) is 13.9. The summed E-state index contributed by atoms with van der Waals surface area (Å²) in [7, 11) is 0. The quantitative estimate of drug-likeness (QED) is 0.712. The van der Waals surface area contributed by atoms with Gasteiger partial charge < -0.3 is 10.6 Å². The number of nitrogens with zero attached hydrogens (tertiary/aromatic N) is 2. The first kappa shape index (κ1) is 19.6. The number of nitrogens with one attached hydrogen (secondary N) is 2. The minimum Gasteiger partial charge on any atom is -0.323 e. The Bertz CT molecular complexity index is 1020. The minimum atomic E-state index is -1.30. The Morgan fingerprint density at radius 1 is 1.21 bits per heavy atom. The molecule has 1 saturated heterocycles. The number of halogens is 1. The zero-order valence-corrected chi connectivity index (χ0v) is 16.8. The maximum Gasteiger partial charge on any atom is 0.326 e. The molecule has 0 unspecified atom stereocenters. The van der Waals surface area contributed by atoms with Gasteiger partial charge in [0.25, 0.3) is 5.91 Å². The lowest BCUT2D eigenvalue weighted by molar-refractivity contribution is -0.136. The molecular formula is C20H17BrN4O3. The molecule has 142 valence electrons. The van der Waals surface area contributed by atoms with Crippen LogP contribution in [0, 0.1) is 11.3 Å². The molecule has 4 amide bonds. The summed E-state index contributed by atoms with van der Waals surface area (Å²) in [6.45, 7) is 3.07. The zero-order chi connectivity index (χ0) is 20.5. The maximum atomic E-state index is 13.1. The Morgan fingerprint density at radius 3 is 2.54 bits per heavy atom. The van der Waals surface area contributed by atoms with E-state index in [0.29, 0.717) is 21.3 Å². The molecule has 1 fully saturated rings. The van der Waals surface area contributed by atoms with Crippen molar-refractivity contribution in [2.45, 2.75) is 25.4 Å². The van der Waals surface area contributed by atoms with Crippen LogP contribution in [0.15, 0.2) is 53.0 Å². The molecule has 7 nitrogen and oxygen atoms in total. The summed E-state index contributed by atoms with van der Waals surface area (Å²) in [5.74, 6) is -1.09. The Balaban J connectivity index is 1.86. The fraction of sp³-hybridized carbons (Fsp3) is 0.200. The van der Waals surface area contributed by atoms with Crippen LogP contribution in [0.25, 0.3) is 0 Å². The highest BCUT2D eigenvalue weighted by Gasteiger charge is 2.52. The lowest BCUT2D eigenvalue weighted by atomic mass is 9.92. The summed E-state index contributed by atoms with van der Waals surface area (Å²) < 4.78 is 0.674. The van der Waals surface area contributed by atoms with Gasteiger partial charge in [-0.1, -0.05) is 46.3 Å². The van der Waals surface area contributed by atoms with E-state index in [1.807, 2.05) is 6.07 Å². The summed E-state index contributed by atoms with van der Waals surface area (Å²) in [6.07, 6.45) is 0. The Morgan fingerprint density at radius 2 is 1.86 bits per heavy atom. The third kappa shape index (κ3) is 3.25. The fourth-order valence-electron chi connectivity index (χ4n) is 3.11. The third-order valence-corrected chi connectivity index (χ3v) is 5.40. The molecule has 2 N–H and O–H groups in total. The van der Waals surface area contributed by atoms with Gasteiger partial charge in [0.05, 0.1) is 11.3 Å². The van der Waals surface area contributed by atoms with Crippen molar-refractivity contribution in [3.05, 3.63) is 64.1 Å². The fourth-order valence-corrected chi connectivity index (χ4v) is 3.79. The number of para-hydroxylation sites is 1. The summed E-state index contributed by atoms with van der Waals surface area (Å²) >= 11 is 3.40. The van der Waals surface area contributed by atoms with E-state index in [1.54, 1.807) is 55.5 Å². The molecule has 3 rings (SSSR count). The average molecular weight is 441 g/mol. The van der Waals surface area contributed by atoms with Gasteiger partial charge in [0.2, 0.25) is 5.91 Å². The van der Waals surface area contributed by atoms with Crippen LogP contribution in [0.2, 0.25) is 0 Å². The van der Waals surface area contributed by atoms with E-state index < -0.39 is 29.4 Å². The van der Waals surface area contributed by atoms with Gasteiger partial charge in [-0.05, 0) is 32.0 Å². The molecule has 28 heavy (non-hydrogen) atoms. The van der Waals surface area contributed by atoms with E-state index in [9.17, 15) is 14.4 Å². The van der Waals surface area contributed by atoms with E-state index in [2.05, 4.69) is 26.6 Å². The molecule has 1 aliphatic rings. The van der Waals surface area contributed by atoms with Crippen LogP contribution in [-0.2, 0) is 15.1 Å². The van der Waals surface area contributed by atoms with Gasteiger partial charge in [-0.2, -0.15) is 5.26 Å². The Labute approximate surface area is 170 Å². The lowest BCUT2D eigenvalue weighted by Crippen LogP contribution is -2.47. The molecule has 0 radical (unpaired) electrons. The summed E-state index contributed by atoms with van der Waals surface area (Å²) in [5.41, 5.74) is -0.0879. The van der Waals surface area contributed by atoms with Crippen LogP contribution >= 0.6 is 15.9 Å². The highest BCUT2D eigenvalue weighted by molar-refractivity contribution is 9.10. The van der Waals surface area contributed by atoms with Crippen molar-refractivity contribution < 1.29 is 14.4 Å². The van der Waals surface area contributed by atoms with Crippen molar-refractivity contribution in [3.8, 4) is 6.07 Å². The van der Waals surface area contributed by atoms with Crippen LogP contribution in [0.3, 0.4) is 0 Å². The number of anilines is 1. The molecule has 0 aliphatic carbocycles. The third-order valence-electron chi connectivity index (χ3n) is 4.71. The van der Waals surface area contributed by atoms with Crippen molar-refractivity contribution >= 4 is 39.5 Å². The first-order valence-electron chi connectivity index (χ1n) is 8.50. The van der Waals surface area contributed by atoms with E-state index in [1.165, 1.54) is 6.92 Å². The second-order valence-corrected chi connectivity index (χ2v) is 7.39. The number of imide groups is 1. The smallest absolute Gasteiger partial charge is 0.323 e. The topological polar surface area (TPSA) is 102 Å². The number of hydrogen-bond acceptors (Lipinski definition) is 4. The van der Waals surface area contributed by atoms with Crippen molar-refractivity contribution in [1.82, 2.24) is 10.2 Å². The molecule has 1 heterocycles. The average Bonchev–Trinajstić information content (AvgIpc) is 2.91. The van der Waals surface area contributed by atoms with E-state index in [-0.39, 0.29) is 0 Å². The van der Waals surface area contributed by atoms with Gasteiger partial charge in [-0.3, -0.25) is 9.59 Å². The van der Waals surface area contributed by atoms with Crippen molar-refractivity contribution in [3.63, 3.8) is 0 Å². The van der Waals surface area contributed by atoms with Gasteiger partial charge >= 0.3 is 6.03 Å². The van der Waals surface area contributed by atoms with Crippen LogP contribution in [0.1, 0.15) is 25.0 Å². The number of hydrogen-bond donors (Lipinski definition) is 2. The first-order chi connectivity index (χ1) is 13.3. The number of urea groups is 1. The molecule has 2 atom stereocenters. The highest BCUT2D eigenvalue weighted by atomic mass is 79.9. The molecule has 0 spiro atoms. The second-order valence-electron chi connectivity index (χ2n) is 6.53. The summed E-state index contributed by atoms with van der Waals surface area (Å²) in [5, 5.41) is 14.4. The van der Waals surface area contributed by atoms with Gasteiger partial charge in [0.1, 0.15) is 17.6 Å². The van der Waals surface area contributed by atoms with Gasteiger partial charge in [-0.15, -0.1) is 0 Å². The molecular weight excluding hydrogens is 424 g/mol. The minimum absolute atomic E-state index is 0.290. The zero-order valence-electron chi connectivity index (χ0n) is 15.2. The predicted octanol–water partition coefficient (Wildman–Crippen LogP) is 3.11. The molecule has 0 bridgehead atoms. The Kier molecular flexibility index (Phi) is 5.21. The SMILES string of the molecule is C[C@@H](C(=O)Nc1ccccc1C#N)N1C(=O)N[C@](C)(c2ccccc2Br)C1=O. The number of benzene rings is 2. The number of carbonyl (C=O) groups is 3. The van der Waals surface area contributed by atoms with Crippen LogP contribution < -0.4 is 10.6 Å². The van der Waals surface area contributed by atoms with E-state index in [4.69, 9.17) is 5.26 Å². The highest BCUT2D eigenvalue weighted by Crippen LogP contribution is 2.34. The molecule has 0 saturated carbocycles. The maximum absolute atomic E-state index is 13.1. The monoisotopic (exact) mass is 440 g/mol. The second kappa shape index (κ2) is 7.44. The van der Waals surface area contributed by atoms with Gasteiger partial charge in [0, 0.05) is 10.0 Å². The van der Waals surface area contributed by atoms with Crippen molar-refractivity contribution in [2.24, 2.45) is 0 Å². The largest absolute Gasteiger partial charge is 0.326 e. The summed E-state index contributed by atoms with van der Waals surface area (Å²) in [4.78, 5) is 39.2. The standard InChI is InChI=1S/C20H17BrN4O3/c1-12(17(26)23-16-10-6-3-7-13(16)11-22)25-18(27)20(2,24-19(25)28)14-8-4-5-9-15(14)21/h3-10,12H,1-2H3,(H,23,26)(H,24,28)/t12-,20+/m0/s1. The molecule has 0 aromatic heterocycles. The van der Waals surface area contributed by atoms with E-state index >= 15 is 0 Å².